The van der Waals surface area contributed by atoms with Crippen LogP contribution < -0.4 is 5.32 Å². The molecule has 1 N–H and O–H groups in total. The molecule has 2 aromatic carbocycles. The topological polar surface area (TPSA) is 64.6 Å². The summed E-state index contributed by atoms with van der Waals surface area (Å²) in [6.07, 6.45) is 1.30. The largest absolute Gasteiger partial charge is 0.419 e. The number of hydrogen-bond donors (Lipinski definition) is 1. The number of benzene rings is 2. The van der Waals surface area contributed by atoms with Gasteiger partial charge in [-0.3, -0.25) is 0 Å². The van der Waals surface area contributed by atoms with E-state index in [9.17, 15) is 9.59 Å². The predicted molar refractivity (Wildman–Crippen MR) is 97.5 cm³/mol. The maximum absolute atomic E-state index is 11.9. The van der Waals surface area contributed by atoms with Crippen LogP contribution in [0.25, 0.3) is 11.1 Å². The van der Waals surface area contributed by atoms with Crippen molar-refractivity contribution in [1.29, 1.82) is 0 Å². The van der Waals surface area contributed by atoms with E-state index in [1.54, 1.807) is 0 Å². The fourth-order valence-electron chi connectivity index (χ4n) is 2.34. The Balaban J connectivity index is 1.72. The van der Waals surface area contributed by atoms with Crippen molar-refractivity contribution in [1.82, 2.24) is 0 Å². The zero-order valence-corrected chi connectivity index (χ0v) is 15.3. The number of esters is 2. The molecule has 25 heavy (non-hydrogen) atoms. The van der Waals surface area contributed by atoms with Crippen LogP contribution in [-0.2, 0) is 19.1 Å². The van der Waals surface area contributed by atoms with Crippen LogP contribution in [0.15, 0.2) is 64.8 Å². The van der Waals surface area contributed by atoms with Gasteiger partial charge in [0.25, 0.3) is 5.79 Å². The molecule has 0 unspecified atom stereocenters. The summed E-state index contributed by atoms with van der Waals surface area (Å²) >= 11 is 3.41. The zero-order valence-electron chi connectivity index (χ0n) is 13.7. The SMILES string of the molecule is CC1(C)OC(=O)C(=CNc2ccc(-c3ccc(Br)cc3)cc2)C(=O)O1. The Morgan fingerprint density at radius 1 is 0.880 bits per heavy atom. The van der Waals surface area contributed by atoms with E-state index in [-0.39, 0.29) is 5.57 Å². The number of carbonyl (C=O) groups excluding carboxylic acids is 2. The molecule has 3 rings (SSSR count). The molecule has 1 saturated heterocycles. The van der Waals surface area contributed by atoms with E-state index < -0.39 is 17.7 Å². The second kappa shape index (κ2) is 6.72. The Labute approximate surface area is 153 Å². The van der Waals surface area contributed by atoms with Gasteiger partial charge < -0.3 is 14.8 Å². The Bertz CT molecular complexity index is 817. The second-order valence-electron chi connectivity index (χ2n) is 5.97. The molecule has 0 radical (unpaired) electrons. The minimum absolute atomic E-state index is 0.170. The first kappa shape index (κ1) is 17.2. The van der Waals surface area contributed by atoms with Crippen molar-refractivity contribution >= 4 is 33.6 Å². The standard InChI is InChI=1S/C19H16BrNO4/c1-19(2)24-17(22)16(18(23)25-19)11-21-15-9-5-13(6-10-15)12-3-7-14(20)8-4-12/h3-11,21H,1-2H3. The number of nitrogens with one attached hydrogen (secondary N) is 1. The molecular weight excluding hydrogens is 386 g/mol. The minimum atomic E-state index is -1.24. The van der Waals surface area contributed by atoms with Gasteiger partial charge in [0, 0.05) is 30.2 Å². The van der Waals surface area contributed by atoms with Crippen molar-refractivity contribution in [3.05, 3.63) is 64.8 Å². The molecule has 1 fully saturated rings. The van der Waals surface area contributed by atoms with E-state index in [0.717, 1.165) is 21.3 Å². The summed E-state index contributed by atoms with van der Waals surface area (Å²) in [5.74, 6) is -2.65. The highest BCUT2D eigenvalue weighted by Crippen LogP contribution is 2.25. The number of anilines is 1. The highest BCUT2D eigenvalue weighted by molar-refractivity contribution is 9.10. The van der Waals surface area contributed by atoms with Gasteiger partial charge in [-0.05, 0) is 35.4 Å². The van der Waals surface area contributed by atoms with Crippen LogP contribution in [0.3, 0.4) is 0 Å². The summed E-state index contributed by atoms with van der Waals surface area (Å²) in [5.41, 5.74) is 2.72. The van der Waals surface area contributed by atoms with Gasteiger partial charge in [0.15, 0.2) is 5.57 Å². The first-order valence-electron chi connectivity index (χ1n) is 7.63. The fourth-order valence-corrected chi connectivity index (χ4v) is 2.60. The third-order valence-electron chi connectivity index (χ3n) is 3.56. The van der Waals surface area contributed by atoms with E-state index in [2.05, 4.69) is 21.2 Å². The highest BCUT2D eigenvalue weighted by atomic mass is 79.9. The maximum atomic E-state index is 11.9. The molecule has 128 valence electrons. The molecule has 0 amide bonds. The molecule has 5 nitrogen and oxygen atoms in total. The third-order valence-corrected chi connectivity index (χ3v) is 4.09. The van der Waals surface area contributed by atoms with Crippen molar-refractivity contribution in [2.24, 2.45) is 0 Å². The highest BCUT2D eigenvalue weighted by Gasteiger charge is 2.38. The van der Waals surface area contributed by atoms with Crippen molar-refractivity contribution in [2.45, 2.75) is 19.6 Å². The summed E-state index contributed by atoms with van der Waals surface area (Å²) in [7, 11) is 0. The van der Waals surface area contributed by atoms with E-state index in [1.807, 2.05) is 48.5 Å². The lowest BCUT2D eigenvalue weighted by Gasteiger charge is -2.29. The van der Waals surface area contributed by atoms with Gasteiger partial charge in [-0.2, -0.15) is 0 Å². The van der Waals surface area contributed by atoms with Gasteiger partial charge in [0.2, 0.25) is 0 Å². The van der Waals surface area contributed by atoms with Crippen LogP contribution in [0.2, 0.25) is 0 Å². The molecule has 6 heteroatoms. The van der Waals surface area contributed by atoms with Gasteiger partial charge >= 0.3 is 11.9 Å². The predicted octanol–water partition coefficient (Wildman–Crippen LogP) is 4.25. The smallest absolute Gasteiger partial charge is 0.350 e. The summed E-state index contributed by atoms with van der Waals surface area (Å²) in [5, 5.41) is 2.92. The van der Waals surface area contributed by atoms with Gasteiger partial charge in [0.1, 0.15) is 0 Å². The van der Waals surface area contributed by atoms with Gasteiger partial charge in [-0.1, -0.05) is 40.2 Å². The van der Waals surface area contributed by atoms with E-state index in [0.29, 0.717) is 0 Å². The van der Waals surface area contributed by atoms with E-state index >= 15 is 0 Å². The summed E-state index contributed by atoms with van der Waals surface area (Å²) in [6.45, 7) is 3.02. The van der Waals surface area contributed by atoms with Gasteiger partial charge in [0.05, 0.1) is 0 Å². The van der Waals surface area contributed by atoms with Crippen LogP contribution >= 0.6 is 15.9 Å². The molecule has 0 atom stereocenters. The number of ether oxygens (including phenoxy) is 2. The summed E-state index contributed by atoms with van der Waals surface area (Å²) < 4.78 is 11.1. The minimum Gasteiger partial charge on any atom is -0.419 e. The second-order valence-corrected chi connectivity index (χ2v) is 6.88. The molecule has 0 spiro atoms. The molecular formula is C19H16BrNO4. The molecule has 1 aliphatic rings. The number of halogens is 1. The third kappa shape index (κ3) is 4.09. The maximum Gasteiger partial charge on any atom is 0.350 e. The fraction of sp³-hybridized carbons (Fsp3) is 0.158. The lowest BCUT2D eigenvalue weighted by Crippen LogP contribution is -2.42. The molecule has 0 bridgehead atoms. The molecule has 0 saturated carbocycles. The van der Waals surface area contributed by atoms with E-state index in [1.165, 1.54) is 20.0 Å². The quantitative estimate of drug-likeness (QED) is 0.473. The number of cyclic esters (lactones) is 2. The molecule has 1 heterocycles. The molecule has 1 aliphatic heterocycles. The monoisotopic (exact) mass is 401 g/mol. The zero-order chi connectivity index (χ0) is 18.0. The average molecular weight is 402 g/mol. The van der Waals surface area contributed by atoms with Crippen molar-refractivity contribution in [3.8, 4) is 11.1 Å². The summed E-state index contributed by atoms with van der Waals surface area (Å²) in [6, 6.07) is 15.6. The van der Waals surface area contributed by atoms with Crippen LogP contribution in [0.5, 0.6) is 0 Å². The van der Waals surface area contributed by atoms with Crippen LogP contribution in [0.4, 0.5) is 5.69 Å². The Morgan fingerprint density at radius 3 is 1.88 bits per heavy atom. The Hall–Kier alpha value is -2.60. The van der Waals surface area contributed by atoms with Crippen molar-refractivity contribution in [2.75, 3.05) is 5.32 Å². The lowest BCUT2D eigenvalue weighted by molar-refractivity contribution is -0.222. The number of rotatable bonds is 3. The van der Waals surface area contributed by atoms with Crippen LogP contribution in [0.1, 0.15) is 13.8 Å². The number of hydrogen-bond acceptors (Lipinski definition) is 5. The van der Waals surface area contributed by atoms with Crippen LogP contribution in [0, 0.1) is 0 Å². The van der Waals surface area contributed by atoms with Crippen molar-refractivity contribution < 1.29 is 19.1 Å². The van der Waals surface area contributed by atoms with E-state index in [4.69, 9.17) is 9.47 Å². The molecule has 0 aromatic heterocycles. The first-order valence-corrected chi connectivity index (χ1v) is 8.43. The Morgan fingerprint density at radius 2 is 1.36 bits per heavy atom. The van der Waals surface area contributed by atoms with Gasteiger partial charge in [-0.25, -0.2) is 9.59 Å². The summed E-state index contributed by atoms with van der Waals surface area (Å²) in [4.78, 5) is 23.7. The van der Waals surface area contributed by atoms with Crippen molar-refractivity contribution in [3.63, 3.8) is 0 Å². The molecule has 0 aliphatic carbocycles. The van der Waals surface area contributed by atoms with Crippen LogP contribution in [-0.4, -0.2) is 17.7 Å². The lowest BCUT2D eigenvalue weighted by atomic mass is 10.1. The Kier molecular flexibility index (Phi) is 4.63. The number of carbonyl (C=O) groups is 2. The molecule has 2 aromatic rings. The normalized spacial score (nSPS) is 16.0. The average Bonchev–Trinajstić information content (AvgIpc) is 2.54. The van der Waals surface area contributed by atoms with Gasteiger partial charge in [-0.15, -0.1) is 0 Å². The first-order chi connectivity index (χ1) is 11.8.